The first kappa shape index (κ1) is 11.5. The van der Waals surface area contributed by atoms with Crippen molar-refractivity contribution in [3.63, 3.8) is 0 Å². The molecule has 0 saturated carbocycles. The largest absolute Gasteiger partial charge is 0.398 e. The summed E-state index contributed by atoms with van der Waals surface area (Å²) in [6, 6.07) is 4.54. The quantitative estimate of drug-likeness (QED) is 0.657. The smallest absolute Gasteiger partial charge is 0.0352 e. The zero-order valence-electron chi connectivity index (χ0n) is 11.1. The van der Waals surface area contributed by atoms with Crippen LogP contribution < -0.4 is 5.73 Å². The summed E-state index contributed by atoms with van der Waals surface area (Å²) in [6.45, 7) is 11.4. The van der Waals surface area contributed by atoms with Gasteiger partial charge in [0.2, 0.25) is 0 Å². The van der Waals surface area contributed by atoms with Crippen LogP contribution in [0.15, 0.2) is 12.1 Å². The van der Waals surface area contributed by atoms with Crippen LogP contribution >= 0.6 is 0 Å². The normalized spacial score (nSPS) is 18.6. The van der Waals surface area contributed by atoms with Gasteiger partial charge in [0, 0.05) is 5.69 Å². The molecule has 1 aromatic rings. The van der Waals surface area contributed by atoms with E-state index in [1.165, 1.54) is 23.1 Å². The number of nitrogen functional groups attached to an aromatic ring is 1. The lowest BCUT2D eigenvalue weighted by Gasteiger charge is -2.25. The number of benzene rings is 1. The summed E-state index contributed by atoms with van der Waals surface area (Å²) in [7, 11) is 0. The Morgan fingerprint density at radius 2 is 1.81 bits per heavy atom. The summed E-state index contributed by atoms with van der Waals surface area (Å²) >= 11 is 0. The van der Waals surface area contributed by atoms with Gasteiger partial charge >= 0.3 is 0 Å². The molecule has 88 valence electrons. The summed E-state index contributed by atoms with van der Waals surface area (Å²) in [6.07, 6.45) is 2.36. The number of hydrogen-bond donors (Lipinski definition) is 1. The van der Waals surface area contributed by atoms with E-state index in [1.807, 2.05) is 0 Å². The molecule has 1 heteroatoms. The lowest BCUT2D eigenvalue weighted by atomic mass is 9.80. The molecule has 1 aliphatic rings. The molecule has 0 fully saturated rings. The maximum atomic E-state index is 6.19. The maximum Gasteiger partial charge on any atom is 0.0352 e. The number of hydrogen-bond acceptors (Lipinski definition) is 1. The zero-order chi connectivity index (χ0) is 12.1. The van der Waals surface area contributed by atoms with Crippen molar-refractivity contribution in [2.75, 3.05) is 5.73 Å². The average Bonchev–Trinajstić information content (AvgIpc) is 2.41. The minimum Gasteiger partial charge on any atom is -0.398 e. The molecule has 1 aromatic carbocycles. The Hall–Kier alpha value is -0.980. The third-order valence-electron chi connectivity index (χ3n) is 3.88. The molecule has 2 rings (SSSR count). The number of nitrogens with two attached hydrogens (primary N) is 1. The molecule has 0 amide bonds. The molecular weight excluding hydrogens is 194 g/mol. The van der Waals surface area contributed by atoms with Crippen LogP contribution in [-0.4, -0.2) is 0 Å². The van der Waals surface area contributed by atoms with E-state index in [0.717, 1.165) is 12.1 Å². The molecule has 1 aliphatic carbocycles. The Labute approximate surface area is 99.0 Å². The lowest BCUT2D eigenvalue weighted by Crippen LogP contribution is -2.16. The summed E-state index contributed by atoms with van der Waals surface area (Å²) in [4.78, 5) is 0. The number of rotatable bonds is 0. The molecule has 0 bridgehead atoms. The fourth-order valence-corrected chi connectivity index (χ4v) is 2.58. The van der Waals surface area contributed by atoms with Gasteiger partial charge in [0.1, 0.15) is 0 Å². The Kier molecular flexibility index (Phi) is 2.34. The molecule has 0 atom stereocenters. The molecule has 0 aliphatic heterocycles. The first-order valence-electron chi connectivity index (χ1n) is 6.15. The summed E-state index contributed by atoms with van der Waals surface area (Å²) in [5.41, 5.74) is 11.9. The average molecular weight is 217 g/mol. The van der Waals surface area contributed by atoms with E-state index < -0.39 is 0 Å². The first-order valence-corrected chi connectivity index (χ1v) is 6.15. The third-order valence-corrected chi connectivity index (χ3v) is 3.88. The Bertz CT molecular complexity index is 422. The van der Waals surface area contributed by atoms with Crippen molar-refractivity contribution in [3.05, 3.63) is 28.8 Å². The van der Waals surface area contributed by atoms with Gasteiger partial charge in [0.05, 0.1) is 0 Å². The lowest BCUT2D eigenvalue weighted by molar-refractivity contribution is 0.519. The van der Waals surface area contributed by atoms with Crippen LogP contribution in [0.2, 0.25) is 0 Å². The Balaban J connectivity index is 2.62. The highest BCUT2D eigenvalue weighted by atomic mass is 14.6. The SMILES string of the molecule is CC(C)(C)c1cc(N)c2c(c1)C(C)(C)CC2. The van der Waals surface area contributed by atoms with Crippen molar-refractivity contribution in [1.29, 1.82) is 0 Å². The van der Waals surface area contributed by atoms with Crippen LogP contribution in [0.3, 0.4) is 0 Å². The van der Waals surface area contributed by atoms with Crippen molar-refractivity contribution in [2.45, 2.75) is 58.3 Å². The predicted octanol–water partition coefficient (Wildman–Crippen LogP) is 3.79. The highest BCUT2D eigenvalue weighted by Crippen LogP contribution is 2.43. The maximum absolute atomic E-state index is 6.19. The molecule has 0 radical (unpaired) electrons. The molecule has 0 aromatic heterocycles. The molecule has 0 saturated heterocycles. The Morgan fingerprint density at radius 3 is 2.38 bits per heavy atom. The van der Waals surface area contributed by atoms with Crippen molar-refractivity contribution in [2.24, 2.45) is 0 Å². The van der Waals surface area contributed by atoms with Crippen LogP contribution in [0.4, 0.5) is 5.69 Å². The molecule has 0 heterocycles. The Morgan fingerprint density at radius 1 is 1.19 bits per heavy atom. The summed E-state index contributed by atoms with van der Waals surface area (Å²) in [5, 5.41) is 0. The second-order valence-electron chi connectivity index (χ2n) is 6.73. The highest BCUT2D eigenvalue weighted by Gasteiger charge is 2.32. The monoisotopic (exact) mass is 217 g/mol. The second kappa shape index (κ2) is 3.26. The van der Waals surface area contributed by atoms with Gasteiger partial charge in [-0.15, -0.1) is 0 Å². The summed E-state index contributed by atoms with van der Waals surface area (Å²) < 4.78 is 0. The van der Waals surface area contributed by atoms with Gasteiger partial charge < -0.3 is 5.73 Å². The van der Waals surface area contributed by atoms with Crippen molar-refractivity contribution < 1.29 is 0 Å². The van der Waals surface area contributed by atoms with Gasteiger partial charge in [0.15, 0.2) is 0 Å². The van der Waals surface area contributed by atoms with E-state index >= 15 is 0 Å². The molecule has 0 unspecified atom stereocenters. The topological polar surface area (TPSA) is 26.0 Å². The van der Waals surface area contributed by atoms with Gasteiger partial charge in [0.25, 0.3) is 0 Å². The molecule has 2 N–H and O–H groups in total. The third kappa shape index (κ3) is 1.73. The zero-order valence-corrected chi connectivity index (χ0v) is 11.1. The van der Waals surface area contributed by atoms with Crippen LogP contribution in [0, 0.1) is 0 Å². The first-order chi connectivity index (χ1) is 7.22. The van der Waals surface area contributed by atoms with Crippen LogP contribution in [-0.2, 0) is 17.3 Å². The number of fused-ring (bicyclic) bond motifs is 1. The van der Waals surface area contributed by atoms with E-state index in [9.17, 15) is 0 Å². The van der Waals surface area contributed by atoms with Crippen LogP contribution in [0.1, 0.15) is 57.7 Å². The van der Waals surface area contributed by atoms with Gasteiger partial charge in [-0.05, 0) is 46.4 Å². The summed E-state index contributed by atoms with van der Waals surface area (Å²) in [5.74, 6) is 0. The predicted molar refractivity (Wildman–Crippen MR) is 70.9 cm³/mol. The second-order valence-corrected chi connectivity index (χ2v) is 6.73. The van der Waals surface area contributed by atoms with Gasteiger partial charge in [-0.3, -0.25) is 0 Å². The van der Waals surface area contributed by atoms with E-state index in [4.69, 9.17) is 5.73 Å². The fraction of sp³-hybridized carbons (Fsp3) is 0.600. The molecule has 0 spiro atoms. The van der Waals surface area contributed by atoms with E-state index in [0.29, 0.717) is 5.41 Å². The molecule has 16 heavy (non-hydrogen) atoms. The van der Waals surface area contributed by atoms with Gasteiger partial charge in [-0.1, -0.05) is 40.7 Å². The molecular formula is C15H23N. The van der Waals surface area contributed by atoms with Gasteiger partial charge in [-0.2, -0.15) is 0 Å². The molecule has 1 nitrogen and oxygen atoms in total. The minimum absolute atomic E-state index is 0.182. The van der Waals surface area contributed by atoms with Crippen molar-refractivity contribution in [1.82, 2.24) is 0 Å². The van der Waals surface area contributed by atoms with Crippen LogP contribution in [0.5, 0.6) is 0 Å². The van der Waals surface area contributed by atoms with Crippen LogP contribution in [0.25, 0.3) is 0 Å². The minimum atomic E-state index is 0.182. The van der Waals surface area contributed by atoms with E-state index in [-0.39, 0.29) is 5.41 Å². The van der Waals surface area contributed by atoms with Crippen molar-refractivity contribution in [3.8, 4) is 0 Å². The van der Waals surface area contributed by atoms with E-state index in [2.05, 4.69) is 46.8 Å². The van der Waals surface area contributed by atoms with Crippen molar-refractivity contribution >= 4 is 5.69 Å². The number of anilines is 1. The standard InChI is InChI=1S/C15H23N/c1-14(2,3)10-8-12-11(13(16)9-10)6-7-15(12,4)5/h8-9H,6-7,16H2,1-5H3. The van der Waals surface area contributed by atoms with E-state index in [1.54, 1.807) is 0 Å². The highest BCUT2D eigenvalue weighted by molar-refractivity contribution is 5.58. The van der Waals surface area contributed by atoms with Gasteiger partial charge in [-0.25, -0.2) is 0 Å². The fourth-order valence-electron chi connectivity index (χ4n) is 2.58.